The summed E-state index contributed by atoms with van der Waals surface area (Å²) in [5.41, 5.74) is 0. The van der Waals surface area contributed by atoms with Crippen LogP contribution in [0.5, 0.6) is 0 Å². The maximum absolute atomic E-state index is 2.53. The van der Waals surface area contributed by atoms with Gasteiger partial charge in [0.1, 0.15) is 0 Å². The van der Waals surface area contributed by atoms with Gasteiger partial charge in [-0.3, -0.25) is 14.7 Å². The van der Waals surface area contributed by atoms with Gasteiger partial charge in [-0.15, -0.1) is 0 Å². The minimum Gasteiger partial charge on any atom is -0.292 e. The van der Waals surface area contributed by atoms with Crippen LogP contribution in [0.15, 0.2) is 0 Å². The first kappa shape index (κ1) is 6.58. The van der Waals surface area contributed by atoms with Crippen molar-refractivity contribution in [3.8, 4) is 0 Å². The Labute approximate surface area is 62.2 Å². The molecule has 0 spiro atoms. The van der Waals surface area contributed by atoms with Gasteiger partial charge in [-0.25, -0.2) is 0 Å². The van der Waals surface area contributed by atoms with Crippen LogP contribution in [0.1, 0.15) is 0 Å². The summed E-state index contributed by atoms with van der Waals surface area (Å²) in [6, 6.07) is 0.815. The third-order valence-corrected chi connectivity index (χ3v) is 2.41. The summed E-state index contributed by atoms with van der Waals surface area (Å²) in [7, 11) is 4.39. The number of hydrogen-bond donors (Lipinski definition) is 0. The number of hydrogen-bond acceptors (Lipinski definition) is 3. The molecule has 2 heterocycles. The van der Waals surface area contributed by atoms with E-state index in [1.807, 2.05) is 0 Å². The van der Waals surface area contributed by atoms with E-state index in [1.54, 1.807) is 0 Å². The van der Waals surface area contributed by atoms with E-state index < -0.39 is 0 Å². The average molecular weight is 141 g/mol. The topological polar surface area (TPSA) is 9.72 Å². The van der Waals surface area contributed by atoms with E-state index in [1.165, 1.54) is 13.1 Å². The molecule has 0 aromatic carbocycles. The molecule has 2 aliphatic rings. The van der Waals surface area contributed by atoms with E-state index in [0.29, 0.717) is 0 Å². The molecule has 0 unspecified atom stereocenters. The first-order valence-electron chi connectivity index (χ1n) is 3.87. The molecule has 2 fully saturated rings. The van der Waals surface area contributed by atoms with Crippen molar-refractivity contribution in [3.05, 3.63) is 0 Å². The van der Waals surface area contributed by atoms with Crippen molar-refractivity contribution in [3.63, 3.8) is 0 Å². The summed E-state index contributed by atoms with van der Waals surface area (Å²) in [5, 5.41) is 0. The van der Waals surface area contributed by atoms with Crippen LogP contribution >= 0.6 is 0 Å². The fourth-order valence-corrected chi connectivity index (χ4v) is 2.02. The predicted molar refractivity (Wildman–Crippen MR) is 40.6 cm³/mol. The van der Waals surface area contributed by atoms with Crippen LogP contribution in [0.3, 0.4) is 0 Å². The van der Waals surface area contributed by atoms with E-state index in [4.69, 9.17) is 0 Å². The summed E-state index contributed by atoms with van der Waals surface area (Å²) >= 11 is 0. The van der Waals surface area contributed by atoms with Crippen LogP contribution < -0.4 is 0 Å². The Morgan fingerprint density at radius 1 is 1.00 bits per heavy atom. The minimum atomic E-state index is 0.815. The van der Waals surface area contributed by atoms with Gasteiger partial charge >= 0.3 is 0 Å². The lowest BCUT2D eigenvalue weighted by molar-refractivity contribution is 0.232. The second kappa shape index (κ2) is 2.19. The van der Waals surface area contributed by atoms with Crippen LogP contribution in [0.2, 0.25) is 0 Å². The lowest BCUT2D eigenvalue weighted by Gasteiger charge is -2.13. The average Bonchev–Trinajstić information content (AvgIpc) is 2.21. The summed E-state index contributed by atoms with van der Waals surface area (Å²) in [5.74, 6) is 0. The van der Waals surface area contributed by atoms with Crippen molar-refractivity contribution in [1.29, 1.82) is 0 Å². The third kappa shape index (κ3) is 0.944. The smallest absolute Gasteiger partial charge is 0.0519 e. The largest absolute Gasteiger partial charge is 0.292 e. The molecular formula is C7H15N3. The highest BCUT2D eigenvalue weighted by atomic mass is 15.5. The molecule has 0 amide bonds. The van der Waals surface area contributed by atoms with E-state index in [-0.39, 0.29) is 0 Å². The van der Waals surface area contributed by atoms with Crippen molar-refractivity contribution >= 4 is 0 Å². The van der Waals surface area contributed by atoms with Crippen LogP contribution in [0.4, 0.5) is 0 Å². The Morgan fingerprint density at radius 2 is 1.50 bits per heavy atom. The monoisotopic (exact) mass is 141 g/mol. The summed E-state index contributed by atoms with van der Waals surface area (Å²) in [6.07, 6.45) is 0. The second-order valence-electron chi connectivity index (χ2n) is 3.60. The van der Waals surface area contributed by atoms with Crippen LogP contribution in [0, 0.1) is 0 Å². The first-order chi connectivity index (χ1) is 4.75. The minimum absolute atomic E-state index is 0.815. The van der Waals surface area contributed by atoms with Crippen LogP contribution in [-0.4, -0.2) is 61.3 Å². The van der Waals surface area contributed by atoms with E-state index in [0.717, 1.165) is 19.4 Å². The molecule has 2 saturated heterocycles. The zero-order valence-corrected chi connectivity index (χ0v) is 6.75. The van der Waals surface area contributed by atoms with Gasteiger partial charge in [-0.1, -0.05) is 0 Å². The second-order valence-corrected chi connectivity index (χ2v) is 3.60. The Kier molecular flexibility index (Phi) is 1.44. The van der Waals surface area contributed by atoms with Crippen molar-refractivity contribution in [2.45, 2.75) is 6.04 Å². The predicted octanol–water partition coefficient (Wildman–Crippen LogP) is -0.537. The zero-order valence-electron chi connectivity index (χ0n) is 6.75. The molecule has 0 bridgehead atoms. The van der Waals surface area contributed by atoms with Crippen molar-refractivity contribution in [2.24, 2.45) is 0 Å². The molecule has 0 aromatic rings. The van der Waals surface area contributed by atoms with Crippen molar-refractivity contribution in [1.82, 2.24) is 14.7 Å². The zero-order chi connectivity index (χ0) is 7.14. The molecule has 0 radical (unpaired) electrons. The number of likely N-dealkylation sites (N-methyl/N-ethyl adjacent to an activating group) is 2. The van der Waals surface area contributed by atoms with Gasteiger partial charge < -0.3 is 0 Å². The van der Waals surface area contributed by atoms with Gasteiger partial charge in [0.25, 0.3) is 0 Å². The van der Waals surface area contributed by atoms with Gasteiger partial charge in [-0.05, 0) is 14.1 Å². The highest BCUT2D eigenvalue weighted by Gasteiger charge is 2.34. The molecule has 3 heteroatoms. The summed E-state index contributed by atoms with van der Waals surface area (Å²) in [6.45, 7) is 4.83. The van der Waals surface area contributed by atoms with Gasteiger partial charge in [-0.2, -0.15) is 0 Å². The van der Waals surface area contributed by atoms with Gasteiger partial charge in [0.2, 0.25) is 0 Å². The van der Waals surface area contributed by atoms with Crippen LogP contribution in [0.25, 0.3) is 0 Å². The molecule has 0 aromatic heterocycles. The Hall–Kier alpha value is -0.120. The molecule has 58 valence electrons. The maximum atomic E-state index is 2.53. The highest BCUT2D eigenvalue weighted by molar-refractivity contribution is 4.87. The molecule has 0 atom stereocenters. The summed E-state index contributed by atoms with van der Waals surface area (Å²) in [4.78, 5) is 7.30. The SMILES string of the molecule is CN1CC2CN(C)CN2C1. The number of rotatable bonds is 0. The standard InChI is InChI=1S/C7H15N3/c1-8-3-7-4-9(2)6-10(7)5-8/h7H,3-6H2,1-2H3. The van der Waals surface area contributed by atoms with E-state index >= 15 is 0 Å². The molecule has 0 saturated carbocycles. The van der Waals surface area contributed by atoms with Gasteiger partial charge in [0.05, 0.1) is 13.3 Å². The van der Waals surface area contributed by atoms with Crippen LogP contribution in [-0.2, 0) is 0 Å². The summed E-state index contributed by atoms with van der Waals surface area (Å²) < 4.78 is 0. The number of nitrogens with zero attached hydrogens (tertiary/aromatic N) is 3. The molecule has 0 aliphatic carbocycles. The fraction of sp³-hybridized carbons (Fsp3) is 1.00. The molecule has 2 aliphatic heterocycles. The van der Waals surface area contributed by atoms with Gasteiger partial charge in [0, 0.05) is 19.1 Å². The number of fused-ring (bicyclic) bond motifs is 1. The normalized spacial score (nSPS) is 31.8. The maximum Gasteiger partial charge on any atom is 0.0519 e. The Balaban J connectivity index is 2.00. The molecule has 10 heavy (non-hydrogen) atoms. The molecule has 2 rings (SSSR count). The third-order valence-electron chi connectivity index (χ3n) is 2.41. The van der Waals surface area contributed by atoms with Crippen molar-refractivity contribution < 1.29 is 0 Å². The molecular weight excluding hydrogens is 126 g/mol. The van der Waals surface area contributed by atoms with E-state index in [9.17, 15) is 0 Å². The lowest BCUT2D eigenvalue weighted by atomic mass is 10.3. The Morgan fingerprint density at radius 3 is 1.90 bits per heavy atom. The van der Waals surface area contributed by atoms with Crippen molar-refractivity contribution in [2.75, 3.05) is 40.5 Å². The fourth-order valence-electron chi connectivity index (χ4n) is 2.02. The Bertz CT molecular complexity index is 109. The molecule has 0 N–H and O–H groups in total. The first-order valence-corrected chi connectivity index (χ1v) is 3.87. The lowest BCUT2D eigenvalue weighted by Crippen LogP contribution is -2.26. The quantitative estimate of drug-likeness (QED) is 0.449. The van der Waals surface area contributed by atoms with E-state index in [2.05, 4.69) is 28.8 Å². The highest BCUT2D eigenvalue weighted by Crippen LogP contribution is 2.17. The van der Waals surface area contributed by atoms with Gasteiger partial charge in [0.15, 0.2) is 0 Å². The molecule has 3 nitrogen and oxygen atoms in total.